The van der Waals surface area contributed by atoms with Gasteiger partial charge in [-0.3, -0.25) is 10.1 Å². The van der Waals surface area contributed by atoms with Crippen molar-refractivity contribution in [3.05, 3.63) is 28.3 Å². The largest absolute Gasteiger partial charge is 0.487 e. The van der Waals surface area contributed by atoms with Gasteiger partial charge in [0.05, 0.1) is 11.5 Å². The second-order valence-electron chi connectivity index (χ2n) is 5.21. The molecular formula is C15H23N3O3. The number of nitro groups is 1. The van der Waals surface area contributed by atoms with E-state index in [1.165, 1.54) is 6.42 Å². The van der Waals surface area contributed by atoms with E-state index in [4.69, 9.17) is 4.74 Å². The average molecular weight is 293 g/mol. The molecule has 0 radical (unpaired) electrons. The van der Waals surface area contributed by atoms with E-state index in [1.54, 1.807) is 6.07 Å². The summed E-state index contributed by atoms with van der Waals surface area (Å²) in [6.07, 6.45) is 3.29. The summed E-state index contributed by atoms with van der Waals surface area (Å²) in [5, 5.41) is 14.7. The number of rotatable bonds is 6. The van der Waals surface area contributed by atoms with Crippen molar-refractivity contribution in [2.24, 2.45) is 0 Å². The van der Waals surface area contributed by atoms with Gasteiger partial charge in [0.15, 0.2) is 5.75 Å². The van der Waals surface area contributed by atoms with Gasteiger partial charge in [0, 0.05) is 19.1 Å². The van der Waals surface area contributed by atoms with Crippen molar-refractivity contribution in [1.82, 2.24) is 5.32 Å². The Kier molecular flexibility index (Phi) is 5.38. The van der Waals surface area contributed by atoms with E-state index in [0.29, 0.717) is 24.1 Å². The summed E-state index contributed by atoms with van der Waals surface area (Å²) in [4.78, 5) is 13.3. The molecule has 0 aromatic heterocycles. The first kappa shape index (κ1) is 15.6. The number of nitro benzene ring substituents is 1. The van der Waals surface area contributed by atoms with Gasteiger partial charge in [-0.05, 0) is 45.4 Å². The number of piperidine rings is 1. The van der Waals surface area contributed by atoms with E-state index in [1.807, 2.05) is 26.1 Å². The number of nitrogens with zero attached hydrogens (tertiary/aromatic N) is 2. The molecule has 1 atom stereocenters. The minimum Gasteiger partial charge on any atom is -0.487 e. The standard InChI is InChI=1S/C15H23N3O3/c1-3-21-14-9-6-8-13(15(14)18(19)20)17-10-5-4-7-12(17)11-16-2/h6,8-9,12,16H,3-5,7,10-11H2,1-2H3. The lowest BCUT2D eigenvalue weighted by Crippen LogP contribution is -2.45. The van der Waals surface area contributed by atoms with Gasteiger partial charge in [-0.15, -0.1) is 0 Å². The first-order chi connectivity index (χ1) is 10.2. The third-order valence-electron chi connectivity index (χ3n) is 3.84. The molecule has 6 nitrogen and oxygen atoms in total. The Morgan fingerprint density at radius 2 is 2.29 bits per heavy atom. The van der Waals surface area contributed by atoms with E-state index in [2.05, 4.69) is 10.2 Å². The molecule has 0 bridgehead atoms. The van der Waals surface area contributed by atoms with Gasteiger partial charge < -0.3 is 15.0 Å². The number of ether oxygens (including phenoxy) is 1. The first-order valence-corrected chi connectivity index (χ1v) is 7.50. The molecule has 0 aliphatic carbocycles. The number of hydrogen-bond acceptors (Lipinski definition) is 5. The maximum atomic E-state index is 11.5. The van der Waals surface area contributed by atoms with Crippen molar-refractivity contribution in [3.8, 4) is 5.75 Å². The molecule has 2 rings (SSSR count). The summed E-state index contributed by atoms with van der Waals surface area (Å²) in [6.45, 7) is 3.93. The van der Waals surface area contributed by atoms with Crippen LogP contribution in [-0.2, 0) is 0 Å². The fourth-order valence-electron chi connectivity index (χ4n) is 2.96. The van der Waals surface area contributed by atoms with Crippen LogP contribution in [0.3, 0.4) is 0 Å². The number of para-hydroxylation sites is 1. The summed E-state index contributed by atoms with van der Waals surface area (Å²) in [5.41, 5.74) is 0.758. The number of nitrogens with one attached hydrogen (secondary N) is 1. The highest BCUT2D eigenvalue weighted by Crippen LogP contribution is 2.39. The zero-order valence-electron chi connectivity index (χ0n) is 12.7. The summed E-state index contributed by atoms with van der Waals surface area (Å²) < 4.78 is 5.44. The van der Waals surface area contributed by atoms with Crippen LogP contribution in [0.25, 0.3) is 0 Å². The molecule has 21 heavy (non-hydrogen) atoms. The molecule has 1 aromatic rings. The SMILES string of the molecule is CCOc1cccc(N2CCCCC2CNC)c1[N+](=O)[O-]. The molecule has 1 aliphatic rings. The number of anilines is 1. The van der Waals surface area contributed by atoms with E-state index >= 15 is 0 Å². The van der Waals surface area contributed by atoms with Gasteiger partial charge in [0.25, 0.3) is 0 Å². The van der Waals surface area contributed by atoms with Crippen LogP contribution < -0.4 is 15.0 Å². The Labute approximate surface area is 125 Å². The molecule has 116 valence electrons. The fourth-order valence-corrected chi connectivity index (χ4v) is 2.96. The van der Waals surface area contributed by atoms with Gasteiger partial charge in [0.1, 0.15) is 5.69 Å². The highest BCUT2D eigenvalue weighted by molar-refractivity contribution is 5.70. The quantitative estimate of drug-likeness (QED) is 0.645. The molecular weight excluding hydrogens is 270 g/mol. The topological polar surface area (TPSA) is 67.6 Å². The van der Waals surface area contributed by atoms with Gasteiger partial charge in [-0.2, -0.15) is 0 Å². The minimum absolute atomic E-state index is 0.0855. The highest BCUT2D eigenvalue weighted by Gasteiger charge is 2.30. The monoisotopic (exact) mass is 293 g/mol. The number of likely N-dealkylation sites (N-methyl/N-ethyl adjacent to an activating group) is 1. The van der Waals surface area contributed by atoms with Crippen molar-refractivity contribution in [1.29, 1.82) is 0 Å². The lowest BCUT2D eigenvalue weighted by atomic mass is 10.0. The van der Waals surface area contributed by atoms with Crippen LogP contribution in [-0.4, -0.2) is 37.7 Å². The third kappa shape index (κ3) is 3.44. The van der Waals surface area contributed by atoms with Crippen molar-refractivity contribution < 1.29 is 9.66 Å². The van der Waals surface area contributed by atoms with E-state index in [0.717, 1.165) is 25.9 Å². The Morgan fingerprint density at radius 3 is 2.95 bits per heavy atom. The third-order valence-corrected chi connectivity index (χ3v) is 3.84. The molecule has 1 fully saturated rings. The van der Waals surface area contributed by atoms with Gasteiger partial charge >= 0.3 is 5.69 Å². The Morgan fingerprint density at radius 1 is 1.48 bits per heavy atom. The van der Waals surface area contributed by atoms with Gasteiger partial charge in [-0.1, -0.05) is 6.07 Å². The van der Waals surface area contributed by atoms with Gasteiger partial charge in [0.2, 0.25) is 0 Å². The molecule has 0 spiro atoms. The Balaban J connectivity index is 2.40. The maximum absolute atomic E-state index is 11.5. The Bertz CT molecular complexity index is 491. The van der Waals surface area contributed by atoms with Crippen LogP contribution in [0.15, 0.2) is 18.2 Å². The minimum atomic E-state index is -0.328. The van der Waals surface area contributed by atoms with Crippen LogP contribution in [0.4, 0.5) is 11.4 Å². The summed E-state index contributed by atoms with van der Waals surface area (Å²) in [6, 6.07) is 5.62. The van der Waals surface area contributed by atoms with Crippen LogP contribution in [0, 0.1) is 10.1 Å². The molecule has 0 saturated carbocycles. The number of hydrogen-bond donors (Lipinski definition) is 1. The van der Waals surface area contributed by atoms with Crippen LogP contribution >= 0.6 is 0 Å². The molecule has 1 unspecified atom stereocenters. The molecule has 1 aromatic carbocycles. The van der Waals surface area contributed by atoms with Crippen molar-refractivity contribution in [2.75, 3.05) is 31.6 Å². The maximum Gasteiger partial charge on any atom is 0.333 e. The number of benzene rings is 1. The second kappa shape index (κ2) is 7.26. The molecule has 6 heteroatoms. The zero-order chi connectivity index (χ0) is 15.2. The predicted molar refractivity (Wildman–Crippen MR) is 83.2 cm³/mol. The molecule has 0 amide bonds. The summed E-state index contributed by atoms with van der Waals surface area (Å²) in [7, 11) is 1.91. The van der Waals surface area contributed by atoms with Crippen molar-refractivity contribution >= 4 is 11.4 Å². The molecule has 1 N–H and O–H groups in total. The van der Waals surface area contributed by atoms with Crippen LogP contribution in [0.1, 0.15) is 26.2 Å². The van der Waals surface area contributed by atoms with E-state index in [-0.39, 0.29) is 10.6 Å². The molecule has 1 aliphatic heterocycles. The molecule has 1 saturated heterocycles. The van der Waals surface area contributed by atoms with E-state index < -0.39 is 0 Å². The Hall–Kier alpha value is -1.82. The highest BCUT2D eigenvalue weighted by atomic mass is 16.6. The van der Waals surface area contributed by atoms with Crippen molar-refractivity contribution in [3.63, 3.8) is 0 Å². The van der Waals surface area contributed by atoms with Crippen LogP contribution in [0.2, 0.25) is 0 Å². The lowest BCUT2D eigenvalue weighted by molar-refractivity contribution is -0.385. The van der Waals surface area contributed by atoms with Crippen LogP contribution in [0.5, 0.6) is 5.75 Å². The normalized spacial score (nSPS) is 18.6. The van der Waals surface area contributed by atoms with Crippen molar-refractivity contribution in [2.45, 2.75) is 32.2 Å². The first-order valence-electron chi connectivity index (χ1n) is 7.50. The summed E-state index contributed by atoms with van der Waals surface area (Å²) in [5.74, 6) is 0.355. The second-order valence-corrected chi connectivity index (χ2v) is 5.21. The lowest BCUT2D eigenvalue weighted by Gasteiger charge is -2.37. The molecule has 1 heterocycles. The van der Waals surface area contributed by atoms with E-state index in [9.17, 15) is 10.1 Å². The fraction of sp³-hybridized carbons (Fsp3) is 0.600. The zero-order valence-corrected chi connectivity index (χ0v) is 12.7. The predicted octanol–water partition coefficient (Wildman–Crippen LogP) is 2.57. The summed E-state index contributed by atoms with van der Waals surface area (Å²) >= 11 is 0. The smallest absolute Gasteiger partial charge is 0.333 e. The average Bonchev–Trinajstić information content (AvgIpc) is 2.48. The van der Waals surface area contributed by atoms with Gasteiger partial charge in [-0.25, -0.2) is 0 Å².